The van der Waals surface area contributed by atoms with Crippen molar-refractivity contribution < 1.29 is 36.4 Å². The Balaban J connectivity index is -0.000000152. The van der Waals surface area contributed by atoms with E-state index in [0.717, 1.165) is 23.7 Å². The van der Waals surface area contributed by atoms with E-state index in [0.29, 0.717) is 0 Å². The molecule has 0 amide bonds. The Labute approximate surface area is 197 Å². The van der Waals surface area contributed by atoms with Gasteiger partial charge in [-0.15, -0.1) is 0 Å². The summed E-state index contributed by atoms with van der Waals surface area (Å²) in [4.78, 5) is 0. The van der Waals surface area contributed by atoms with E-state index in [2.05, 4.69) is 77.2 Å². The van der Waals surface area contributed by atoms with Crippen molar-refractivity contribution in [1.82, 2.24) is 0 Å². The van der Waals surface area contributed by atoms with Crippen LogP contribution in [0.1, 0.15) is 61.8 Å². The minimum atomic E-state index is 0. The predicted octanol–water partition coefficient (Wildman–Crippen LogP) is 5.85. The number of hydrogen-bond donors (Lipinski definition) is 2. The number of aliphatic hydroxyl groups is 2. The van der Waals surface area contributed by atoms with Crippen molar-refractivity contribution in [2.75, 3.05) is 14.2 Å². The van der Waals surface area contributed by atoms with Gasteiger partial charge in [0.2, 0.25) is 0 Å². The number of rotatable bonds is 6. The van der Waals surface area contributed by atoms with Crippen molar-refractivity contribution in [3.8, 4) is 0 Å². The van der Waals surface area contributed by atoms with Gasteiger partial charge in [-0.1, -0.05) is 79.3 Å². The predicted molar refractivity (Wildman–Crippen MR) is 126 cm³/mol. The molecule has 1 radical (unpaired) electrons. The van der Waals surface area contributed by atoms with E-state index in [1.165, 1.54) is 60.8 Å². The molecule has 161 valence electrons. The van der Waals surface area contributed by atoms with E-state index in [9.17, 15) is 0 Å². The first-order chi connectivity index (χ1) is 13.1. The summed E-state index contributed by atoms with van der Waals surface area (Å²) in [5.41, 5.74) is 5.79. The van der Waals surface area contributed by atoms with Crippen LogP contribution in [0.2, 0.25) is 13.1 Å². The Morgan fingerprint density at radius 1 is 0.750 bits per heavy atom. The summed E-state index contributed by atoms with van der Waals surface area (Å²) in [6, 6.07) is 13.4. The van der Waals surface area contributed by atoms with Crippen molar-refractivity contribution in [3.63, 3.8) is 0 Å². The minimum Gasteiger partial charge on any atom is -0.400 e. The third-order valence-corrected chi connectivity index (χ3v) is 3.58. The first kappa shape index (κ1) is 35.2. The van der Waals surface area contributed by atoms with E-state index < -0.39 is 0 Å². The molecule has 0 aliphatic carbocycles. The van der Waals surface area contributed by atoms with Gasteiger partial charge < -0.3 is 10.2 Å². The zero-order valence-electron chi connectivity index (χ0n) is 19.7. The largest absolute Gasteiger partial charge is 2.00 e. The van der Waals surface area contributed by atoms with E-state index in [4.69, 9.17) is 10.2 Å². The Morgan fingerprint density at radius 3 is 1.21 bits per heavy atom. The molecule has 2 aromatic rings. The van der Waals surface area contributed by atoms with Crippen molar-refractivity contribution >= 4 is 9.52 Å². The normalized spacial score (nSPS) is 8.36. The minimum absolute atomic E-state index is 0. The van der Waals surface area contributed by atoms with Crippen LogP contribution in [0.5, 0.6) is 0 Å². The third-order valence-electron chi connectivity index (χ3n) is 3.58. The van der Waals surface area contributed by atoms with E-state index in [-0.39, 0.29) is 26.2 Å². The second kappa shape index (κ2) is 28.9. The van der Waals surface area contributed by atoms with Crippen molar-refractivity contribution in [2.24, 2.45) is 0 Å². The van der Waals surface area contributed by atoms with Crippen molar-refractivity contribution in [1.29, 1.82) is 0 Å². The SMILES string of the molecule is CCCCc1cc[c-](C)c1.CCCCc1cc[c-](C)c1.CO.CO.C[SiH]C.[Zr+2]. The molecule has 2 rings (SSSR count). The zero-order chi connectivity index (χ0) is 21.5. The van der Waals surface area contributed by atoms with Crippen molar-refractivity contribution in [3.05, 3.63) is 58.7 Å². The molecule has 2 nitrogen and oxygen atoms in total. The molecule has 0 bridgehead atoms. The summed E-state index contributed by atoms with van der Waals surface area (Å²) < 4.78 is 0. The van der Waals surface area contributed by atoms with Gasteiger partial charge in [0.25, 0.3) is 0 Å². The topological polar surface area (TPSA) is 40.5 Å². The Kier molecular flexibility index (Phi) is 36.3. The summed E-state index contributed by atoms with van der Waals surface area (Å²) in [5.74, 6) is 0. The maximum absolute atomic E-state index is 7.00. The second-order valence-electron chi connectivity index (χ2n) is 6.38. The summed E-state index contributed by atoms with van der Waals surface area (Å²) in [5, 5.41) is 14.0. The maximum atomic E-state index is 7.00. The van der Waals surface area contributed by atoms with Gasteiger partial charge in [0, 0.05) is 23.7 Å². The van der Waals surface area contributed by atoms with Crippen LogP contribution >= 0.6 is 0 Å². The summed E-state index contributed by atoms with van der Waals surface area (Å²) in [7, 11) is 2.75. The molecule has 2 N–H and O–H groups in total. The molecule has 28 heavy (non-hydrogen) atoms. The first-order valence-electron chi connectivity index (χ1n) is 10.1. The molecule has 0 atom stereocenters. The van der Waals surface area contributed by atoms with Gasteiger partial charge in [0.15, 0.2) is 0 Å². The van der Waals surface area contributed by atoms with Gasteiger partial charge in [0.05, 0.1) is 0 Å². The van der Waals surface area contributed by atoms with Crippen LogP contribution in [-0.2, 0) is 39.0 Å². The van der Waals surface area contributed by atoms with Crippen LogP contribution in [0.3, 0.4) is 0 Å². The van der Waals surface area contributed by atoms with Gasteiger partial charge in [0.1, 0.15) is 0 Å². The fraction of sp³-hybridized carbons (Fsp3) is 0.583. The monoisotopic (exact) mass is 483 g/mol. The molecule has 4 heteroatoms. The quantitative estimate of drug-likeness (QED) is 0.399. The third kappa shape index (κ3) is 23.8. The van der Waals surface area contributed by atoms with Crippen LogP contribution in [0, 0.1) is 13.8 Å². The molecule has 0 unspecified atom stereocenters. The second-order valence-corrected chi connectivity index (χ2v) is 7.53. The smallest absolute Gasteiger partial charge is 0.400 e. The Bertz CT molecular complexity index is 448. The number of hydrogen-bond acceptors (Lipinski definition) is 2. The average Bonchev–Trinajstić information content (AvgIpc) is 3.30. The number of unbranched alkanes of at least 4 members (excludes halogenated alkanes) is 2. The van der Waals surface area contributed by atoms with E-state index in [1.54, 1.807) is 0 Å². The first-order valence-corrected chi connectivity index (χ1v) is 12.5. The fourth-order valence-corrected chi connectivity index (χ4v) is 2.33. The summed E-state index contributed by atoms with van der Waals surface area (Å²) in [6.07, 6.45) is 7.75. The molecule has 0 fully saturated rings. The molecular weight excluding hydrogens is 440 g/mol. The molecular formula is C24H45O2SiZr. The summed E-state index contributed by atoms with van der Waals surface area (Å²) >= 11 is 0. The van der Waals surface area contributed by atoms with Gasteiger partial charge in [-0.3, -0.25) is 0 Å². The molecule has 0 aliphatic rings. The molecule has 0 aliphatic heterocycles. The van der Waals surface area contributed by atoms with E-state index >= 15 is 0 Å². The van der Waals surface area contributed by atoms with Gasteiger partial charge in [-0.2, -0.15) is 46.5 Å². The van der Waals surface area contributed by atoms with Gasteiger partial charge in [-0.25, -0.2) is 12.1 Å². The maximum Gasteiger partial charge on any atom is 2.00 e. The molecule has 0 heterocycles. The molecule has 0 saturated carbocycles. The van der Waals surface area contributed by atoms with Crippen molar-refractivity contribution in [2.45, 2.75) is 79.3 Å². The Morgan fingerprint density at radius 2 is 1.04 bits per heavy atom. The summed E-state index contributed by atoms with van der Waals surface area (Å²) in [6.45, 7) is 13.2. The van der Waals surface area contributed by atoms with Crippen LogP contribution in [0.4, 0.5) is 0 Å². The average molecular weight is 485 g/mol. The molecule has 0 spiro atoms. The van der Waals surface area contributed by atoms with Crippen LogP contribution in [0.15, 0.2) is 36.4 Å². The number of aliphatic hydroxyl groups excluding tert-OH is 2. The molecule has 2 aromatic carbocycles. The molecule has 0 aromatic heterocycles. The van der Waals surface area contributed by atoms with Crippen LogP contribution in [-0.4, -0.2) is 34.0 Å². The van der Waals surface area contributed by atoms with Gasteiger partial charge >= 0.3 is 26.2 Å². The zero-order valence-corrected chi connectivity index (χ0v) is 23.3. The Hall–Kier alpha value is -0.280. The molecule has 0 saturated heterocycles. The van der Waals surface area contributed by atoms with E-state index in [1.807, 2.05) is 0 Å². The van der Waals surface area contributed by atoms with Crippen LogP contribution < -0.4 is 0 Å². The standard InChI is InChI=1S/2C10H15.C2H7Si.2CH4O.Zr/c2*1-3-4-5-10-7-6-9(2)8-10;1-3-2;2*1-2;/h2*6-8H,3-5H2,1-2H3;3H,1-2H3;2*2H,1H3;/q2*-1;;;;+2. The number of aryl methyl sites for hydroxylation is 4. The van der Waals surface area contributed by atoms with Crippen LogP contribution in [0.25, 0.3) is 0 Å². The fourth-order valence-electron chi connectivity index (χ4n) is 2.33. The van der Waals surface area contributed by atoms with Gasteiger partial charge in [-0.05, 0) is 0 Å².